The first-order valence-corrected chi connectivity index (χ1v) is 10.9. The van der Waals surface area contributed by atoms with Gasteiger partial charge in [-0.25, -0.2) is 9.18 Å². The molecule has 1 unspecified atom stereocenters. The first-order valence-electron chi connectivity index (χ1n) is 10.9. The molecule has 1 aliphatic rings. The molecule has 1 atom stereocenters. The first kappa shape index (κ1) is 23.6. The lowest BCUT2D eigenvalue weighted by Gasteiger charge is -2.43. The fraction of sp³-hybridized carbons (Fsp3) is 0.440. The van der Waals surface area contributed by atoms with E-state index in [1.165, 1.54) is 6.20 Å². The van der Waals surface area contributed by atoms with E-state index in [-0.39, 0.29) is 35.1 Å². The molecule has 172 valence electrons. The Morgan fingerprint density at radius 2 is 2.00 bits per heavy atom. The average Bonchev–Trinajstić information content (AvgIpc) is 2.71. The van der Waals surface area contributed by atoms with Gasteiger partial charge in [0.15, 0.2) is 5.82 Å². The molecule has 1 aromatic carbocycles. The monoisotopic (exact) mass is 442 g/mol. The van der Waals surface area contributed by atoms with E-state index in [1.54, 1.807) is 29.7 Å². The number of hydrogen-bond donors (Lipinski definition) is 1. The Kier molecular flexibility index (Phi) is 6.49. The summed E-state index contributed by atoms with van der Waals surface area (Å²) in [5, 5.41) is 11.7. The van der Waals surface area contributed by atoms with Crippen molar-refractivity contribution >= 4 is 17.7 Å². The highest BCUT2D eigenvalue weighted by Crippen LogP contribution is 2.38. The van der Waals surface area contributed by atoms with Crippen molar-refractivity contribution in [2.24, 2.45) is 5.41 Å². The van der Waals surface area contributed by atoms with Crippen LogP contribution in [0.1, 0.15) is 63.1 Å². The summed E-state index contributed by atoms with van der Waals surface area (Å²) in [4.78, 5) is 27.2. The van der Waals surface area contributed by atoms with Crippen LogP contribution in [-0.4, -0.2) is 40.7 Å². The second-order valence-electron chi connectivity index (χ2n) is 9.12. The normalized spacial score (nSPS) is 18.5. The van der Waals surface area contributed by atoms with Crippen molar-refractivity contribution < 1.29 is 19.0 Å². The molecule has 1 aromatic heterocycles. The number of hydrogen-bond acceptors (Lipinski definition) is 5. The van der Waals surface area contributed by atoms with Crippen molar-refractivity contribution in [3.63, 3.8) is 0 Å². The predicted octanol–water partition coefficient (Wildman–Crippen LogP) is 2.75. The van der Waals surface area contributed by atoms with Crippen molar-refractivity contribution in [3.8, 4) is 5.75 Å². The lowest BCUT2D eigenvalue weighted by Crippen LogP contribution is -2.46. The van der Waals surface area contributed by atoms with Crippen LogP contribution in [0.25, 0.3) is 11.8 Å². The molecule has 0 radical (unpaired) electrons. The van der Waals surface area contributed by atoms with E-state index >= 15 is 4.39 Å². The quantitative estimate of drug-likeness (QED) is 0.741. The third-order valence-electron chi connectivity index (χ3n) is 5.81. The molecule has 0 spiro atoms. The van der Waals surface area contributed by atoms with E-state index in [2.05, 4.69) is 0 Å². The number of phenolic OH excluding ortho intramolecular Hbond substituents is 1. The summed E-state index contributed by atoms with van der Waals surface area (Å²) in [5.41, 5.74) is -1.00. The Hall–Kier alpha value is -3.09. The van der Waals surface area contributed by atoms with Crippen LogP contribution in [0.5, 0.6) is 5.75 Å². The molecule has 0 saturated carbocycles. The number of fused-ring (bicyclic) bond motifs is 1. The summed E-state index contributed by atoms with van der Waals surface area (Å²) in [6.07, 6.45) is 3.96. The number of esters is 1. The third kappa shape index (κ3) is 4.04. The minimum Gasteiger partial charge on any atom is -0.507 e. The third-order valence-corrected chi connectivity index (χ3v) is 5.81. The Bertz CT molecular complexity index is 1220. The molecule has 0 saturated heterocycles. The first-order chi connectivity index (χ1) is 15.0. The number of phenols is 1. The van der Waals surface area contributed by atoms with E-state index in [0.29, 0.717) is 29.1 Å². The smallest absolute Gasteiger partial charge is 0.343 e. The van der Waals surface area contributed by atoms with E-state index in [0.717, 1.165) is 0 Å². The van der Waals surface area contributed by atoms with Crippen LogP contribution < -0.4 is 15.9 Å². The number of benzene rings is 1. The Morgan fingerprint density at radius 3 is 2.59 bits per heavy atom. The number of aromatic hydroxyl groups is 1. The van der Waals surface area contributed by atoms with Crippen molar-refractivity contribution in [2.75, 3.05) is 20.2 Å². The van der Waals surface area contributed by atoms with Gasteiger partial charge in [-0.15, -0.1) is 0 Å². The lowest BCUT2D eigenvalue weighted by molar-refractivity contribution is 0.0521. The number of carbonyl (C=O) groups is 1. The Morgan fingerprint density at radius 1 is 1.31 bits per heavy atom. The zero-order valence-corrected chi connectivity index (χ0v) is 19.5. The zero-order chi connectivity index (χ0) is 23.8. The summed E-state index contributed by atoms with van der Waals surface area (Å²) in [6.45, 7) is 10.3. The van der Waals surface area contributed by atoms with Gasteiger partial charge in [-0.1, -0.05) is 45.9 Å². The van der Waals surface area contributed by atoms with Crippen LogP contribution in [0.2, 0.25) is 0 Å². The maximum absolute atomic E-state index is 15.8. The van der Waals surface area contributed by atoms with Gasteiger partial charge in [0.2, 0.25) is 5.43 Å². The molecular weight excluding hydrogens is 411 g/mol. The largest absolute Gasteiger partial charge is 0.507 e. The van der Waals surface area contributed by atoms with Crippen LogP contribution in [-0.2, 0) is 4.74 Å². The maximum Gasteiger partial charge on any atom is 0.343 e. The predicted molar refractivity (Wildman–Crippen MR) is 122 cm³/mol. The fourth-order valence-corrected chi connectivity index (χ4v) is 4.25. The zero-order valence-electron chi connectivity index (χ0n) is 19.5. The van der Waals surface area contributed by atoms with E-state index < -0.39 is 17.2 Å². The minimum absolute atomic E-state index is 0.0839. The molecule has 32 heavy (non-hydrogen) atoms. The van der Waals surface area contributed by atoms with Gasteiger partial charge in [-0.3, -0.25) is 4.79 Å². The highest BCUT2D eigenvalue weighted by Gasteiger charge is 2.37. The van der Waals surface area contributed by atoms with Crippen LogP contribution in [0.4, 0.5) is 4.39 Å². The summed E-state index contributed by atoms with van der Waals surface area (Å²) in [7, 11) is 1.85. The second-order valence-corrected chi connectivity index (χ2v) is 9.12. The molecule has 2 heterocycles. The number of pyridine rings is 1. The van der Waals surface area contributed by atoms with Crippen LogP contribution in [0.3, 0.4) is 0 Å². The molecule has 7 heteroatoms. The summed E-state index contributed by atoms with van der Waals surface area (Å²) >= 11 is 0. The van der Waals surface area contributed by atoms with Gasteiger partial charge in [0, 0.05) is 30.2 Å². The van der Waals surface area contributed by atoms with Gasteiger partial charge < -0.3 is 19.3 Å². The number of ether oxygens (including phenoxy) is 1. The SMILES string of the molecule is CC/C=c1\c(O)ccc\c1=C1/c2c(F)c(=O)c(C(=O)OCC)cn2C(C(C)(C)C)CN1C. The maximum atomic E-state index is 15.8. The molecule has 6 nitrogen and oxygen atoms in total. The highest BCUT2D eigenvalue weighted by atomic mass is 19.1. The molecule has 2 aromatic rings. The summed E-state index contributed by atoms with van der Waals surface area (Å²) in [6, 6.07) is 4.87. The standard InChI is InChI=1S/C25H31FN2O4/c1-7-10-15-16(11-9-12-18(15)29)21-22-20(26)23(30)17(24(31)32-8-2)13-28(22)19(14-27(21)6)25(3,4)5/h9-13,19,29H,7-8,14H2,1-6H3/b15-10-,21-16-. The number of rotatable bonds is 3. The molecule has 1 aliphatic heterocycles. The van der Waals surface area contributed by atoms with E-state index in [9.17, 15) is 14.7 Å². The topological polar surface area (TPSA) is 71.8 Å². The molecule has 0 aliphatic carbocycles. The van der Waals surface area contributed by atoms with Crippen molar-refractivity contribution in [1.29, 1.82) is 0 Å². The fourth-order valence-electron chi connectivity index (χ4n) is 4.25. The number of carbonyl (C=O) groups excluding carboxylic acids is 1. The molecule has 0 fully saturated rings. The minimum atomic E-state index is -1.00. The molecule has 3 rings (SSSR count). The van der Waals surface area contributed by atoms with Gasteiger partial charge >= 0.3 is 5.97 Å². The van der Waals surface area contributed by atoms with Crippen molar-refractivity contribution in [2.45, 2.75) is 47.1 Å². The molecule has 0 bridgehead atoms. The number of halogens is 1. The van der Waals surface area contributed by atoms with Crippen molar-refractivity contribution in [1.82, 2.24) is 9.47 Å². The Balaban J connectivity index is 2.53. The van der Waals surface area contributed by atoms with Gasteiger partial charge in [-0.2, -0.15) is 0 Å². The van der Waals surface area contributed by atoms with Crippen molar-refractivity contribution in [3.05, 3.63) is 62.1 Å². The average molecular weight is 443 g/mol. The van der Waals surface area contributed by atoms with Gasteiger partial charge in [0.05, 0.1) is 18.3 Å². The van der Waals surface area contributed by atoms with Crippen LogP contribution in [0.15, 0.2) is 29.2 Å². The molecular formula is C25H31FN2O4. The van der Waals surface area contributed by atoms with Gasteiger partial charge in [0.25, 0.3) is 0 Å². The van der Waals surface area contributed by atoms with Crippen LogP contribution in [0, 0.1) is 11.2 Å². The van der Waals surface area contributed by atoms with Crippen LogP contribution >= 0.6 is 0 Å². The van der Waals surface area contributed by atoms with E-state index in [4.69, 9.17) is 4.74 Å². The van der Waals surface area contributed by atoms with Gasteiger partial charge in [0.1, 0.15) is 17.0 Å². The number of nitrogens with zero attached hydrogens (tertiary/aromatic N) is 2. The van der Waals surface area contributed by atoms with E-state index in [1.807, 2.05) is 45.7 Å². The number of likely N-dealkylation sites (N-methyl/N-ethyl adjacent to an activating group) is 1. The Labute approximate surface area is 187 Å². The highest BCUT2D eigenvalue weighted by molar-refractivity contribution is 5.89. The molecule has 0 amide bonds. The van der Waals surface area contributed by atoms with Gasteiger partial charge in [-0.05, 0) is 24.8 Å². The second kappa shape index (κ2) is 8.81. The summed E-state index contributed by atoms with van der Waals surface area (Å²) < 4.78 is 22.5. The summed E-state index contributed by atoms with van der Waals surface area (Å²) in [5.74, 6) is -1.75. The lowest BCUT2D eigenvalue weighted by atomic mass is 9.84. The molecule has 1 N–H and O–H groups in total. The number of aromatic nitrogens is 1.